The minimum Gasteiger partial charge on any atom is -0.392 e. The Morgan fingerprint density at radius 3 is 2.70 bits per heavy atom. The summed E-state index contributed by atoms with van der Waals surface area (Å²) in [4.78, 5) is 32.3. The van der Waals surface area contributed by atoms with Crippen molar-refractivity contribution in [3.63, 3.8) is 0 Å². The number of nitrogens with zero attached hydrogens (tertiary/aromatic N) is 3. The molecule has 9 heteroatoms. The predicted molar refractivity (Wildman–Crippen MR) is 123 cm³/mol. The Kier molecular flexibility index (Phi) is 5.59. The SMILES string of the molecule is CNC(=O)c1cc(-c2ccnc(-n3ncc4cc(C(C)(C)C)cc(F)c4c3=O)c2CO)c[nH]1. The lowest BCUT2D eigenvalue weighted by atomic mass is 9.86. The van der Waals surface area contributed by atoms with Gasteiger partial charge in [0.05, 0.1) is 18.2 Å². The maximum atomic E-state index is 15.0. The largest absolute Gasteiger partial charge is 0.392 e. The molecule has 3 aromatic heterocycles. The topological polar surface area (TPSA) is 113 Å². The second kappa shape index (κ2) is 8.25. The normalized spacial score (nSPS) is 11.7. The molecular formula is C24H24FN5O3. The lowest BCUT2D eigenvalue weighted by Crippen LogP contribution is -2.25. The summed E-state index contributed by atoms with van der Waals surface area (Å²) in [5.74, 6) is -0.844. The number of aliphatic hydroxyl groups excluding tert-OH is 1. The molecule has 0 fully saturated rings. The Morgan fingerprint density at radius 2 is 2.03 bits per heavy atom. The Hall–Kier alpha value is -3.85. The summed E-state index contributed by atoms with van der Waals surface area (Å²) in [5, 5.41) is 17.2. The molecule has 0 unspecified atom stereocenters. The highest BCUT2D eigenvalue weighted by Gasteiger charge is 2.21. The number of pyridine rings is 1. The molecule has 33 heavy (non-hydrogen) atoms. The molecule has 0 radical (unpaired) electrons. The predicted octanol–water partition coefficient (Wildman–Crippen LogP) is 3.06. The number of carbonyl (C=O) groups excluding carboxylic acids is 1. The van der Waals surface area contributed by atoms with E-state index in [0.717, 1.165) is 10.2 Å². The summed E-state index contributed by atoms with van der Waals surface area (Å²) in [7, 11) is 1.52. The quantitative estimate of drug-likeness (QED) is 0.443. The molecule has 3 N–H and O–H groups in total. The van der Waals surface area contributed by atoms with Crippen molar-refractivity contribution in [3.05, 3.63) is 75.8 Å². The molecule has 8 nitrogen and oxygen atoms in total. The molecule has 4 rings (SSSR count). The minimum absolute atomic E-state index is 0.0869. The summed E-state index contributed by atoms with van der Waals surface area (Å²) in [6.07, 6.45) is 4.51. The molecule has 0 spiro atoms. The number of fused-ring (bicyclic) bond motifs is 1. The number of H-pyrrole nitrogens is 1. The summed E-state index contributed by atoms with van der Waals surface area (Å²) in [5.41, 5.74) is 1.62. The summed E-state index contributed by atoms with van der Waals surface area (Å²) < 4.78 is 16.0. The third kappa shape index (κ3) is 3.91. The summed E-state index contributed by atoms with van der Waals surface area (Å²) in [6, 6.07) is 6.41. The van der Waals surface area contributed by atoms with Crippen LogP contribution in [0.3, 0.4) is 0 Å². The maximum absolute atomic E-state index is 15.0. The molecule has 0 atom stereocenters. The number of benzene rings is 1. The first-order valence-corrected chi connectivity index (χ1v) is 10.4. The molecule has 0 bridgehead atoms. The molecule has 0 aliphatic heterocycles. The standard InChI is InChI=1S/C24H24FN5O3/c1-24(2,3)15-7-14-11-29-30(23(33)20(14)18(25)9-15)21-17(12-31)16(5-6-27-21)13-8-19(28-10-13)22(32)26-4/h5-11,28,31H,12H2,1-4H3,(H,26,32). The van der Waals surface area contributed by atoms with Gasteiger partial charge in [-0.25, -0.2) is 9.37 Å². The second-order valence-electron chi connectivity index (χ2n) is 8.73. The number of rotatable bonds is 4. The first-order chi connectivity index (χ1) is 15.7. The number of amides is 1. The highest BCUT2D eigenvalue weighted by molar-refractivity contribution is 5.94. The number of hydrogen-bond donors (Lipinski definition) is 3. The van der Waals surface area contributed by atoms with Crippen LogP contribution in [0, 0.1) is 5.82 Å². The summed E-state index contributed by atoms with van der Waals surface area (Å²) in [6.45, 7) is 5.43. The van der Waals surface area contributed by atoms with Crippen LogP contribution in [0.5, 0.6) is 0 Å². The summed E-state index contributed by atoms with van der Waals surface area (Å²) >= 11 is 0. The van der Waals surface area contributed by atoms with Crippen molar-refractivity contribution < 1.29 is 14.3 Å². The highest BCUT2D eigenvalue weighted by atomic mass is 19.1. The maximum Gasteiger partial charge on any atom is 0.283 e. The van der Waals surface area contributed by atoms with Gasteiger partial charge >= 0.3 is 0 Å². The number of aliphatic hydroxyl groups is 1. The van der Waals surface area contributed by atoms with Crippen molar-refractivity contribution in [2.24, 2.45) is 0 Å². The van der Waals surface area contributed by atoms with Crippen molar-refractivity contribution in [2.45, 2.75) is 32.8 Å². The van der Waals surface area contributed by atoms with Crippen LogP contribution < -0.4 is 10.9 Å². The van der Waals surface area contributed by atoms with Gasteiger partial charge in [0.2, 0.25) is 0 Å². The van der Waals surface area contributed by atoms with E-state index in [1.54, 1.807) is 24.4 Å². The molecular weight excluding hydrogens is 425 g/mol. The van der Waals surface area contributed by atoms with Crippen molar-refractivity contribution in [3.8, 4) is 16.9 Å². The second-order valence-corrected chi connectivity index (χ2v) is 8.73. The molecule has 0 saturated carbocycles. The van der Waals surface area contributed by atoms with Crippen molar-refractivity contribution in [1.82, 2.24) is 25.1 Å². The van der Waals surface area contributed by atoms with E-state index in [9.17, 15) is 14.7 Å². The van der Waals surface area contributed by atoms with E-state index in [1.807, 2.05) is 20.8 Å². The van der Waals surface area contributed by atoms with Gasteiger partial charge in [0.25, 0.3) is 11.5 Å². The smallest absolute Gasteiger partial charge is 0.283 e. The minimum atomic E-state index is -0.676. The fraction of sp³-hybridized carbons (Fsp3) is 0.250. The van der Waals surface area contributed by atoms with Gasteiger partial charge in [-0.15, -0.1) is 0 Å². The molecule has 0 aliphatic carbocycles. The van der Waals surface area contributed by atoms with E-state index in [-0.39, 0.29) is 22.5 Å². The molecule has 1 aromatic carbocycles. The average Bonchev–Trinajstić information content (AvgIpc) is 3.27. The van der Waals surface area contributed by atoms with E-state index < -0.39 is 18.0 Å². The van der Waals surface area contributed by atoms with Crippen LogP contribution in [-0.4, -0.2) is 37.8 Å². The molecule has 0 aliphatic rings. The molecule has 3 heterocycles. The van der Waals surface area contributed by atoms with Gasteiger partial charge in [-0.1, -0.05) is 20.8 Å². The van der Waals surface area contributed by atoms with Crippen LogP contribution in [0.2, 0.25) is 0 Å². The fourth-order valence-corrected chi connectivity index (χ4v) is 3.72. The number of carbonyl (C=O) groups is 1. The van der Waals surface area contributed by atoms with Crippen molar-refractivity contribution in [2.75, 3.05) is 7.05 Å². The Bertz CT molecular complexity index is 1430. The monoisotopic (exact) mass is 449 g/mol. The van der Waals surface area contributed by atoms with E-state index in [4.69, 9.17) is 0 Å². The van der Waals surface area contributed by atoms with Gasteiger partial charge in [-0.3, -0.25) is 9.59 Å². The van der Waals surface area contributed by atoms with Gasteiger partial charge in [-0.05, 0) is 40.8 Å². The molecule has 170 valence electrons. The lowest BCUT2D eigenvalue weighted by Gasteiger charge is -2.20. The Balaban J connectivity index is 1.90. The van der Waals surface area contributed by atoms with E-state index in [1.165, 1.54) is 25.5 Å². The van der Waals surface area contributed by atoms with Crippen LogP contribution in [0.4, 0.5) is 4.39 Å². The van der Waals surface area contributed by atoms with Crippen LogP contribution in [0.1, 0.15) is 42.4 Å². The Morgan fingerprint density at radius 1 is 1.27 bits per heavy atom. The number of aromatic amines is 1. The first kappa shape index (κ1) is 22.3. The van der Waals surface area contributed by atoms with Crippen LogP contribution >= 0.6 is 0 Å². The number of aromatic nitrogens is 4. The van der Waals surface area contributed by atoms with Gasteiger partial charge in [0.1, 0.15) is 11.5 Å². The first-order valence-electron chi connectivity index (χ1n) is 10.4. The molecule has 1 amide bonds. The van der Waals surface area contributed by atoms with Crippen LogP contribution in [-0.2, 0) is 12.0 Å². The van der Waals surface area contributed by atoms with Crippen molar-refractivity contribution >= 4 is 16.7 Å². The van der Waals surface area contributed by atoms with E-state index in [0.29, 0.717) is 27.8 Å². The average molecular weight is 449 g/mol. The third-order valence-corrected chi connectivity index (χ3v) is 5.56. The molecule has 0 saturated heterocycles. The number of halogens is 1. The third-order valence-electron chi connectivity index (χ3n) is 5.56. The van der Waals surface area contributed by atoms with Crippen LogP contribution in [0.25, 0.3) is 27.7 Å². The number of nitrogens with one attached hydrogen (secondary N) is 2. The van der Waals surface area contributed by atoms with Crippen LogP contribution in [0.15, 0.2) is 47.7 Å². The zero-order valence-corrected chi connectivity index (χ0v) is 18.7. The lowest BCUT2D eigenvalue weighted by molar-refractivity contribution is 0.0959. The highest BCUT2D eigenvalue weighted by Crippen LogP contribution is 2.29. The van der Waals surface area contributed by atoms with Gasteiger partial charge in [0, 0.05) is 36.0 Å². The van der Waals surface area contributed by atoms with Crippen molar-refractivity contribution in [1.29, 1.82) is 0 Å². The fourth-order valence-electron chi connectivity index (χ4n) is 3.72. The number of hydrogen-bond acceptors (Lipinski definition) is 5. The van der Waals surface area contributed by atoms with E-state index >= 15 is 4.39 Å². The van der Waals surface area contributed by atoms with Gasteiger partial charge in [0.15, 0.2) is 5.82 Å². The zero-order chi connectivity index (χ0) is 23.9. The van der Waals surface area contributed by atoms with Gasteiger partial charge in [-0.2, -0.15) is 9.78 Å². The van der Waals surface area contributed by atoms with Gasteiger partial charge < -0.3 is 15.4 Å². The molecule has 4 aromatic rings. The van der Waals surface area contributed by atoms with E-state index in [2.05, 4.69) is 20.4 Å². The zero-order valence-electron chi connectivity index (χ0n) is 18.7. The Labute approximate surface area is 189 Å².